The molecule has 98 valence electrons. The maximum Gasteiger partial charge on any atom is 0.330 e. The van der Waals surface area contributed by atoms with Gasteiger partial charge < -0.3 is 9.84 Å². The molecule has 0 aromatic heterocycles. The Morgan fingerprint density at radius 3 is 2.72 bits per heavy atom. The van der Waals surface area contributed by atoms with Crippen LogP contribution in [0.2, 0.25) is 0 Å². The summed E-state index contributed by atoms with van der Waals surface area (Å²) >= 11 is 0. The average molecular weight is 249 g/mol. The van der Waals surface area contributed by atoms with Gasteiger partial charge in [0.05, 0.1) is 13.7 Å². The molecule has 4 heteroatoms. The lowest BCUT2D eigenvalue weighted by Gasteiger charge is -2.19. The van der Waals surface area contributed by atoms with Gasteiger partial charge in [-0.2, -0.15) is 0 Å². The molecule has 0 fully saturated rings. The van der Waals surface area contributed by atoms with Gasteiger partial charge in [0.2, 0.25) is 0 Å². The Kier molecular flexibility index (Phi) is 6.76. The van der Waals surface area contributed by atoms with Crippen molar-refractivity contribution < 1.29 is 14.6 Å². The summed E-state index contributed by atoms with van der Waals surface area (Å²) in [7, 11) is 1.35. The van der Waals surface area contributed by atoms with Crippen LogP contribution in [0.15, 0.2) is 42.5 Å². The van der Waals surface area contributed by atoms with Gasteiger partial charge in [-0.05, 0) is 5.56 Å². The molecule has 4 nitrogen and oxygen atoms in total. The van der Waals surface area contributed by atoms with E-state index in [1.807, 2.05) is 30.3 Å². The highest BCUT2D eigenvalue weighted by Gasteiger charge is 2.03. The van der Waals surface area contributed by atoms with Gasteiger partial charge in [0.1, 0.15) is 0 Å². The highest BCUT2D eigenvalue weighted by Crippen LogP contribution is 2.04. The van der Waals surface area contributed by atoms with Crippen LogP contribution in [0.5, 0.6) is 0 Å². The van der Waals surface area contributed by atoms with Gasteiger partial charge in [-0.25, -0.2) is 4.79 Å². The first kappa shape index (κ1) is 14.4. The van der Waals surface area contributed by atoms with E-state index in [0.717, 1.165) is 6.54 Å². The van der Waals surface area contributed by atoms with Gasteiger partial charge in [0.25, 0.3) is 0 Å². The SMILES string of the molecule is COC(=O)/C=C/CN(CCO)Cc1ccccc1. The Bertz CT molecular complexity index is 376. The summed E-state index contributed by atoms with van der Waals surface area (Å²) in [5.41, 5.74) is 1.18. The maximum absolute atomic E-state index is 10.9. The Hall–Kier alpha value is -1.65. The number of hydrogen-bond acceptors (Lipinski definition) is 4. The molecule has 0 radical (unpaired) electrons. The van der Waals surface area contributed by atoms with Crippen LogP contribution in [0.3, 0.4) is 0 Å². The van der Waals surface area contributed by atoms with Crippen molar-refractivity contribution in [3.05, 3.63) is 48.0 Å². The van der Waals surface area contributed by atoms with E-state index in [9.17, 15) is 4.79 Å². The standard InChI is InChI=1S/C14H19NO3/c1-18-14(17)8-5-9-15(10-11-16)12-13-6-3-2-4-7-13/h2-8,16H,9-12H2,1H3/b8-5+. The molecule has 1 aromatic carbocycles. The van der Waals surface area contributed by atoms with Crippen LogP contribution < -0.4 is 0 Å². The fraction of sp³-hybridized carbons (Fsp3) is 0.357. The highest BCUT2D eigenvalue weighted by atomic mass is 16.5. The molecule has 0 spiro atoms. The summed E-state index contributed by atoms with van der Waals surface area (Å²) in [5, 5.41) is 9.01. The van der Waals surface area contributed by atoms with Crippen LogP contribution >= 0.6 is 0 Å². The van der Waals surface area contributed by atoms with E-state index in [1.165, 1.54) is 18.7 Å². The zero-order valence-electron chi connectivity index (χ0n) is 10.6. The van der Waals surface area contributed by atoms with E-state index in [0.29, 0.717) is 13.1 Å². The topological polar surface area (TPSA) is 49.8 Å². The van der Waals surface area contributed by atoms with E-state index >= 15 is 0 Å². The van der Waals surface area contributed by atoms with Crippen molar-refractivity contribution in [3.8, 4) is 0 Å². The molecule has 0 saturated heterocycles. The largest absolute Gasteiger partial charge is 0.466 e. The van der Waals surface area contributed by atoms with Crippen molar-refractivity contribution in [2.45, 2.75) is 6.54 Å². The predicted molar refractivity (Wildman–Crippen MR) is 70.0 cm³/mol. The van der Waals surface area contributed by atoms with E-state index in [4.69, 9.17) is 5.11 Å². The number of aliphatic hydroxyl groups is 1. The number of nitrogens with zero attached hydrogens (tertiary/aromatic N) is 1. The fourth-order valence-electron chi connectivity index (χ4n) is 1.58. The molecule has 0 bridgehead atoms. The lowest BCUT2D eigenvalue weighted by atomic mass is 10.2. The Labute approximate surface area is 107 Å². The number of rotatable bonds is 7. The van der Waals surface area contributed by atoms with Crippen LogP contribution in [-0.2, 0) is 16.1 Å². The number of benzene rings is 1. The second-order valence-corrected chi connectivity index (χ2v) is 3.87. The minimum atomic E-state index is -0.362. The monoisotopic (exact) mass is 249 g/mol. The van der Waals surface area contributed by atoms with Crippen LogP contribution in [0.1, 0.15) is 5.56 Å². The van der Waals surface area contributed by atoms with E-state index in [1.54, 1.807) is 6.08 Å². The molecule has 0 aliphatic carbocycles. The third-order valence-corrected chi connectivity index (χ3v) is 2.48. The molecular weight excluding hydrogens is 230 g/mol. The van der Waals surface area contributed by atoms with Gasteiger partial charge in [-0.15, -0.1) is 0 Å². The van der Waals surface area contributed by atoms with Gasteiger partial charge in [-0.3, -0.25) is 4.90 Å². The van der Waals surface area contributed by atoms with Gasteiger partial charge in [0.15, 0.2) is 0 Å². The molecule has 0 aliphatic heterocycles. The first-order valence-corrected chi connectivity index (χ1v) is 5.88. The summed E-state index contributed by atoms with van der Waals surface area (Å²) in [5.74, 6) is -0.362. The summed E-state index contributed by atoms with van der Waals surface area (Å²) < 4.78 is 4.52. The Morgan fingerprint density at radius 2 is 2.11 bits per heavy atom. The summed E-state index contributed by atoms with van der Waals surface area (Å²) in [6.45, 7) is 2.01. The lowest BCUT2D eigenvalue weighted by molar-refractivity contribution is -0.134. The van der Waals surface area contributed by atoms with Crippen LogP contribution in [0.25, 0.3) is 0 Å². The second kappa shape index (κ2) is 8.44. The summed E-state index contributed by atoms with van der Waals surface area (Å²) in [4.78, 5) is 13.0. The van der Waals surface area contributed by atoms with Crippen molar-refractivity contribution in [1.29, 1.82) is 0 Å². The van der Waals surface area contributed by atoms with Gasteiger partial charge >= 0.3 is 5.97 Å². The fourth-order valence-corrected chi connectivity index (χ4v) is 1.58. The first-order chi connectivity index (χ1) is 8.76. The van der Waals surface area contributed by atoms with Crippen LogP contribution in [-0.4, -0.2) is 42.8 Å². The number of ether oxygens (including phenoxy) is 1. The molecule has 0 saturated carbocycles. The number of methoxy groups -OCH3 is 1. The van der Waals surface area contributed by atoms with Gasteiger partial charge in [0, 0.05) is 25.7 Å². The van der Waals surface area contributed by atoms with Crippen LogP contribution in [0.4, 0.5) is 0 Å². The lowest BCUT2D eigenvalue weighted by Crippen LogP contribution is -2.26. The van der Waals surface area contributed by atoms with E-state index < -0.39 is 0 Å². The molecule has 1 N–H and O–H groups in total. The molecule has 0 unspecified atom stereocenters. The molecule has 1 rings (SSSR count). The quantitative estimate of drug-likeness (QED) is 0.583. The third kappa shape index (κ3) is 5.61. The van der Waals surface area contributed by atoms with Crippen molar-refractivity contribution in [3.63, 3.8) is 0 Å². The summed E-state index contributed by atoms with van der Waals surface area (Å²) in [6.07, 6.45) is 3.14. The Morgan fingerprint density at radius 1 is 1.39 bits per heavy atom. The number of carbonyl (C=O) groups excluding carboxylic acids is 1. The Balaban J connectivity index is 2.49. The molecule has 18 heavy (non-hydrogen) atoms. The second-order valence-electron chi connectivity index (χ2n) is 3.87. The molecule has 1 aromatic rings. The predicted octanol–water partition coefficient (Wildman–Crippen LogP) is 1.21. The van der Waals surface area contributed by atoms with Crippen molar-refractivity contribution >= 4 is 5.97 Å². The zero-order chi connectivity index (χ0) is 13.2. The highest BCUT2D eigenvalue weighted by molar-refractivity contribution is 5.81. The molecule has 0 aliphatic rings. The average Bonchev–Trinajstić information content (AvgIpc) is 2.40. The molecule has 0 heterocycles. The van der Waals surface area contributed by atoms with E-state index in [-0.39, 0.29) is 12.6 Å². The number of aliphatic hydroxyl groups excluding tert-OH is 1. The minimum Gasteiger partial charge on any atom is -0.466 e. The number of carbonyl (C=O) groups is 1. The maximum atomic E-state index is 10.9. The van der Waals surface area contributed by atoms with Crippen LogP contribution in [0, 0.1) is 0 Å². The smallest absolute Gasteiger partial charge is 0.330 e. The molecule has 0 amide bonds. The van der Waals surface area contributed by atoms with Crippen molar-refractivity contribution in [2.75, 3.05) is 26.8 Å². The van der Waals surface area contributed by atoms with Crippen molar-refractivity contribution in [1.82, 2.24) is 4.90 Å². The number of esters is 1. The first-order valence-electron chi connectivity index (χ1n) is 5.88. The third-order valence-electron chi connectivity index (χ3n) is 2.48. The zero-order valence-corrected chi connectivity index (χ0v) is 10.6. The minimum absolute atomic E-state index is 0.0961. The molecular formula is C14H19NO3. The van der Waals surface area contributed by atoms with Crippen molar-refractivity contribution in [2.24, 2.45) is 0 Å². The summed E-state index contributed by atoms with van der Waals surface area (Å²) in [6, 6.07) is 10.0. The van der Waals surface area contributed by atoms with Gasteiger partial charge in [-0.1, -0.05) is 36.4 Å². The normalized spacial score (nSPS) is 11.1. The number of hydrogen-bond donors (Lipinski definition) is 1. The molecule has 0 atom stereocenters. The van der Waals surface area contributed by atoms with E-state index in [2.05, 4.69) is 9.64 Å².